The summed E-state index contributed by atoms with van der Waals surface area (Å²) >= 11 is 0. The highest BCUT2D eigenvalue weighted by Gasteiger charge is 2.63. The van der Waals surface area contributed by atoms with E-state index in [4.69, 9.17) is 19.6 Å². The molecule has 0 aromatic heterocycles. The third kappa shape index (κ3) is 2.35. The molecule has 1 heterocycles. The van der Waals surface area contributed by atoms with Gasteiger partial charge in [-0.3, -0.25) is 19.4 Å². The number of rotatable bonds is 4. The fourth-order valence-corrected chi connectivity index (χ4v) is 3.77. The molecule has 0 saturated carbocycles. The first-order valence-electron chi connectivity index (χ1n) is 4.53. The molecule has 0 unspecified atom stereocenters. The van der Waals surface area contributed by atoms with Gasteiger partial charge in [-0.2, -0.15) is 5.10 Å². The second-order valence-corrected chi connectivity index (χ2v) is 7.58. The number of hydrazone groups is 1. The number of Topliss-reactive ketones (excluding diaryl/α,β-unsaturated/α-hetero) is 1. The van der Waals surface area contributed by atoms with Gasteiger partial charge in [-0.15, -0.1) is 0 Å². The summed E-state index contributed by atoms with van der Waals surface area (Å²) in [6, 6.07) is 0. The summed E-state index contributed by atoms with van der Waals surface area (Å²) in [6.45, 7) is 1.50. The van der Waals surface area contributed by atoms with E-state index in [2.05, 4.69) is 5.10 Å². The number of hydrogen-bond donors (Lipinski definition) is 5. The topological polar surface area (TPSA) is 157 Å². The molecule has 98 valence electrons. The van der Waals surface area contributed by atoms with E-state index in [0.29, 0.717) is 0 Å². The van der Waals surface area contributed by atoms with Crippen molar-refractivity contribution in [3.05, 3.63) is 0 Å². The molecule has 1 rings (SSSR count). The molecule has 0 spiro atoms. The van der Waals surface area contributed by atoms with Crippen LogP contribution in [0.15, 0.2) is 5.10 Å². The largest absolute Gasteiger partial charge is 0.365 e. The van der Waals surface area contributed by atoms with Crippen LogP contribution in [-0.4, -0.2) is 36.1 Å². The van der Waals surface area contributed by atoms with E-state index in [0.717, 1.165) is 0 Å². The molecule has 5 N–H and O–H groups in total. The van der Waals surface area contributed by atoms with Crippen molar-refractivity contribution in [1.82, 2.24) is 5.43 Å². The summed E-state index contributed by atoms with van der Waals surface area (Å²) in [7, 11) is -10.4. The number of ketones is 1. The smallest absolute Gasteiger partial charge is 0.322 e. The van der Waals surface area contributed by atoms with Crippen LogP contribution in [0.25, 0.3) is 0 Å². The highest BCUT2D eigenvalue weighted by Crippen LogP contribution is 2.70. The maximum atomic E-state index is 11.3. The molecule has 0 fully saturated rings. The minimum absolute atomic E-state index is 0.0267. The van der Waals surface area contributed by atoms with Gasteiger partial charge in [0.05, 0.1) is 0 Å². The van der Waals surface area contributed by atoms with Gasteiger partial charge in [-0.1, -0.05) is 6.92 Å². The molecule has 0 aromatic carbocycles. The second-order valence-electron chi connectivity index (χ2n) is 3.53. The van der Waals surface area contributed by atoms with Gasteiger partial charge in [0.25, 0.3) is 5.02 Å². The molecule has 0 radical (unpaired) electrons. The van der Waals surface area contributed by atoms with E-state index >= 15 is 0 Å². The summed E-state index contributed by atoms with van der Waals surface area (Å²) < 4.78 is 22.4. The molecule has 11 heteroatoms. The molecular weight excluding hydrogens is 274 g/mol. The number of carbonyl (C=O) groups is 1. The van der Waals surface area contributed by atoms with Crippen molar-refractivity contribution in [3.63, 3.8) is 0 Å². The fraction of sp³-hybridized carbons (Fsp3) is 0.667. The highest BCUT2D eigenvalue weighted by molar-refractivity contribution is 7.72. The zero-order chi connectivity index (χ0) is 13.5. The molecule has 1 aliphatic rings. The maximum Gasteiger partial charge on any atom is 0.365 e. The summed E-state index contributed by atoms with van der Waals surface area (Å²) in [5, 5.41) is 0.506. The standard InChI is InChI=1S/C6H12N2O7P2/c1-2-5(9)4-3-6(8-7-4,16(10,11)12)17(13,14)15/h8H,2-3H2,1H3,(H2,10,11,12)(H2,13,14,15). The Bertz CT molecular complexity index is 439. The maximum absolute atomic E-state index is 11.3. The van der Waals surface area contributed by atoms with Crippen LogP contribution >= 0.6 is 15.2 Å². The van der Waals surface area contributed by atoms with E-state index in [-0.39, 0.29) is 12.1 Å². The summed E-state index contributed by atoms with van der Waals surface area (Å²) in [4.78, 5) is 47.5. The lowest BCUT2D eigenvalue weighted by Crippen LogP contribution is -2.38. The normalized spacial score (nSPS) is 19.7. The molecule has 0 aliphatic carbocycles. The Labute approximate surface area is 96.2 Å². The average Bonchev–Trinajstić information content (AvgIpc) is 2.60. The summed E-state index contributed by atoms with van der Waals surface area (Å²) in [6.07, 6.45) is -0.771. The molecule has 0 saturated heterocycles. The molecule has 0 amide bonds. The Balaban J connectivity index is 3.17. The predicted octanol–water partition coefficient (Wildman–Crippen LogP) is -0.676. The second kappa shape index (κ2) is 4.28. The molecule has 1 aliphatic heterocycles. The van der Waals surface area contributed by atoms with E-state index in [1.807, 2.05) is 0 Å². The SMILES string of the molecule is CCC(=O)C1=NNC(P(=O)(O)O)(P(=O)(O)O)C1. The summed E-state index contributed by atoms with van der Waals surface area (Å²) in [5.41, 5.74) is 1.48. The number of nitrogens with one attached hydrogen (secondary N) is 1. The van der Waals surface area contributed by atoms with Crippen molar-refractivity contribution < 1.29 is 33.5 Å². The van der Waals surface area contributed by atoms with Gasteiger partial charge >= 0.3 is 15.2 Å². The monoisotopic (exact) mass is 286 g/mol. The van der Waals surface area contributed by atoms with Crippen molar-refractivity contribution in [1.29, 1.82) is 0 Å². The van der Waals surface area contributed by atoms with Gasteiger partial charge in [0.2, 0.25) is 0 Å². The quantitative estimate of drug-likeness (QED) is 0.425. The highest BCUT2D eigenvalue weighted by atomic mass is 31.2. The minimum atomic E-state index is -5.19. The van der Waals surface area contributed by atoms with Crippen LogP contribution in [0.2, 0.25) is 0 Å². The third-order valence-electron chi connectivity index (χ3n) is 2.39. The van der Waals surface area contributed by atoms with Crippen LogP contribution in [-0.2, 0) is 13.9 Å². The van der Waals surface area contributed by atoms with Crippen molar-refractivity contribution >= 4 is 26.7 Å². The number of hydrogen-bond acceptors (Lipinski definition) is 5. The van der Waals surface area contributed by atoms with Gasteiger partial charge in [-0.05, 0) is 0 Å². The lowest BCUT2D eigenvalue weighted by Gasteiger charge is -2.29. The molecule has 0 aromatic rings. The first kappa shape index (κ1) is 14.5. The van der Waals surface area contributed by atoms with Crippen LogP contribution in [0.5, 0.6) is 0 Å². The van der Waals surface area contributed by atoms with Crippen molar-refractivity contribution in [2.45, 2.75) is 24.8 Å². The Morgan fingerprint density at radius 1 is 1.35 bits per heavy atom. The van der Waals surface area contributed by atoms with E-state index in [9.17, 15) is 13.9 Å². The Hall–Kier alpha value is -0.560. The lowest BCUT2D eigenvalue weighted by molar-refractivity contribution is -0.112. The molecule has 0 bridgehead atoms. The van der Waals surface area contributed by atoms with E-state index in [1.165, 1.54) is 6.92 Å². The molecule has 0 atom stereocenters. The van der Waals surface area contributed by atoms with E-state index < -0.39 is 32.4 Å². The van der Waals surface area contributed by atoms with E-state index in [1.54, 1.807) is 5.43 Å². The third-order valence-corrected chi connectivity index (χ3v) is 6.40. The van der Waals surface area contributed by atoms with Crippen LogP contribution < -0.4 is 5.43 Å². The molecular formula is C6H12N2O7P2. The molecule has 9 nitrogen and oxygen atoms in total. The van der Waals surface area contributed by atoms with Crippen molar-refractivity contribution in [3.8, 4) is 0 Å². The predicted molar refractivity (Wildman–Crippen MR) is 57.3 cm³/mol. The molecule has 17 heavy (non-hydrogen) atoms. The Morgan fingerprint density at radius 3 is 2.12 bits per heavy atom. The fourth-order valence-electron chi connectivity index (χ4n) is 1.34. The Morgan fingerprint density at radius 2 is 1.82 bits per heavy atom. The van der Waals surface area contributed by atoms with Gasteiger partial charge in [-0.25, -0.2) is 0 Å². The minimum Gasteiger partial charge on any atom is -0.322 e. The van der Waals surface area contributed by atoms with Gasteiger partial charge in [0.15, 0.2) is 5.78 Å². The number of nitrogens with zero attached hydrogens (tertiary/aromatic N) is 1. The Kier molecular flexibility index (Phi) is 3.65. The zero-order valence-electron chi connectivity index (χ0n) is 8.77. The van der Waals surface area contributed by atoms with Crippen molar-refractivity contribution in [2.75, 3.05) is 0 Å². The first-order valence-corrected chi connectivity index (χ1v) is 7.76. The van der Waals surface area contributed by atoms with Crippen LogP contribution in [0.1, 0.15) is 19.8 Å². The van der Waals surface area contributed by atoms with Gasteiger partial charge < -0.3 is 19.6 Å². The van der Waals surface area contributed by atoms with Crippen LogP contribution in [0.4, 0.5) is 0 Å². The number of carbonyl (C=O) groups excluding carboxylic acids is 1. The summed E-state index contributed by atoms with van der Waals surface area (Å²) in [5.74, 6) is -0.527. The van der Waals surface area contributed by atoms with Gasteiger partial charge in [0, 0.05) is 12.8 Å². The van der Waals surface area contributed by atoms with Crippen molar-refractivity contribution in [2.24, 2.45) is 5.10 Å². The van der Waals surface area contributed by atoms with Crippen LogP contribution in [0.3, 0.4) is 0 Å². The lowest BCUT2D eigenvalue weighted by atomic mass is 10.1. The van der Waals surface area contributed by atoms with Gasteiger partial charge in [0.1, 0.15) is 5.71 Å². The average molecular weight is 286 g/mol. The first-order chi connectivity index (χ1) is 7.55. The zero-order valence-corrected chi connectivity index (χ0v) is 10.6. The van der Waals surface area contributed by atoms with Crippen LogP contribution in [0, 0.1) is 0 Å².